The molecule has 2 aromatic heterocycles. The Balaban J connectivity index is 1.76. The second kappa shape index (κ2) is 8.88. The number of rotatable bonds is 5. The number of aromatic nitrogens is 2. The SMILES string of the molecule is Cc1cccc(Oc2nc3ccccn3c(=O)c2/C=C(\C#N)C(=O)N[C@@H]2CCS(=O)(=O)C2)c1. The molecule has 0 spiro atoms. The van der Waals surface area contributed by atoms with E-state index < -0.39 is 27.3 Å². The molecule has 0 aliphatic carbocycles. The minimum absolute atomic E-state index is 0.0199. The van der Waals surface area contributed by atoms with Gasteiger partial charge in [-0.1, -0.05) is 18.2 Å². The molecule has 0 saturated carbocycles. The number of benzene rings is 1. The zero-order chi connectivity index (χ0) is 23.6. The Morgan fingerprint density at radius 2 is 2.12 bits per heavy atom. The second-order valence-electron chi connectivity index (χ2n) is 7.73. The van der Waals surface area contributed by atoms with Gasteiger partial charge in [0, 0.05) is 12.2 Å². The number of aryl methyl sites for hydroxylation is 1. The van der Waals surface area contributed by atoms with E-state index in [2.05, 4.69) is 10.3 Å². The molecule has 10 heteroatoms. The molecule has 3 aromatic rings. The van der Waals surface area contributed by atoms with Crippen molar-refractivity contribution in [2.75, 3.05) is 11.5 Å². The van der Waals surface area contributed by atoms with Crippen molar-refractivity contribution in [1.29, 1.82) is 5.26 Å². The maximum Gasteiger partial charge on any atom is 0.269 e. The van der Waals surface area contributed by atoms with Gasteiger partial charge in [0.05, 0.1) is 11.5 Å². The summed E-state index contributed by atoms with van der Waals surface area (Å²) in [4.78, 5) is 30.3. The highest BCUT2D eigenvalue weighted by molar-refractivity contribution is 7.91. The Labute approximate surface area is 189 Å². The lowest BCUT2D eigenvalue weighted by Gasteiger charge is -2.12. The van der Waals surface area contributed by atoms with E-state index >= 15 is 0 Å². The molecule has 4 rings (SSSR count). The zero-order valence-electron chi connectivity index (χ0n) is 17.7. The van der Waals surface area contributed by atoms with E-state index in [-0.39, 0.29) is 34.9 Å². The molecule has 1 atom stereocenters. The molecule has 0 unspecified atom stereocenters. The van der Waals surface area contributed by atoms with Gasteiger partial charge in [0.15, 0.2) is 9.84 Å². The number of sulfone groups is 1. The lowest BCUT2D eigenvalue weighted by Crippen LogP contribution is -2.36. The van der Waals surface area contributed by atoms with Gasteiger partial charge < -0.3 is 10.1 Å². The molecule has 9 nitrogen and oxygen atoms in total. The van der Waals surface area contributed by atoms with Crippen LogP contribution in [0.3, 0.4) is 0 Å². The molecule has 1 N–H and O–H groups in total. The highest BCUT2D eigenvalue weighted by atomic mass is 32.2. The van der Waals surface area contributed by atoms with E-state index in [4.69, 9.17) is 4.74 Å². The first-order valence-electron chi connectivity index (χ1n) is 10.1. The number of pyridine rings is 1. The predicted octanol–water partition coefficient (Wildman–Crippen LogP) is 2.01. The van der Waals surface area contributed by atoms with Crippen molar-refractivity contribution in [3.8, 4) is 17.7 Å². The number of hydrogen-bond donors (Lipinski definition) is 1. The fourth-order valence-electron chi connectivity index (χ4n) is 3.54. The quantitative estimate of drug-likeness (QED) is 0.451. The Kier molecular flexibility index (Phi) is 5.98. The van der Waals surface area contributed by atoms with Crippen LogP contribution in [0.1, 0.15) is 17.5 Å². The van der Waals surface area contributed by atoms with Gasteiger partial charge in [0.2, 0.25) is 5.88 Å². The number of hydrogen-bond acceptors (Lipinski definition) is 7. The van der Waals surface area contributed by atoms with Gasteiger partial charge in [-0.3, -0.25) is 14.0 Å². The monoisotopic (exact) mass is 464 g/mol. The highest BCUT2D eigenvalue weighted by Gasteiger charge is 2.29. The minimum atomic E-state index is -3.21. The van der Waals surface area contributed by atoms with E-state index in [9.17, 15) is 23.3 Å². The molecular weight excluding hydrogens is 444 g/mol. The first kappa shape index (κ1) is 22.2. The third kappa shape index (κ3) is 4.94. The average Bonchev–Trinajstić information content (AvgIpc) is 3.11. The number of fused-ring (bicyclic) bond motifs is 1. The third-order valence-electron chi connectivity index (χ3n) is 5.16. The smallest absolute Gasteiger partial charge is 0.269 e. The Bertz CT molecular complexity index is 1480. The first-order chi connectivity index (χ1) is 15.8. The molecule has 1 fully saturated rings. The summed E-state index contributed by atoms with van der Waals surface area (Å²) in [5, 5.41) is 12.1. The molecule has 1 aromatic carbocycles. The van der Waals surface area contributed by atoms with E-state index in [1.54, 1.807) is 42.5 Å². The van der Waals surface area contributed by atoms with Crippen LogP contribution in [-0.4, -0.2) is 41.3 Å². The molecule has 1 saturated heterocycles. The summed E-state index contributed by atoms with van der Waals surface area (Å²) in [5.74, 6) is -0.580. The van der Waals surface area contributed by atoms with Crippen LogP contribution in [0.2, 0.25) is 0 Å². The molecular formula is C23H20N4O5S. The summed E-state index contributed by atoms with van der Waals surface area (Å²) in [6, 6.07) is 13.4. The van der Waals surface area contributed by atoms with Crippen molar-refractivity contribution in [1.82, 2.24) is 14.7 Å². The van der Waals surface area contributed by atoms with Crippen LogP contribution >= 0.6 is 0 Å². The van der Waals surface area contributed by atoms with Crippen LogP contribution < -0.4 is 15.6 Å². The molecule has 1 aliphatic rings. The van der Waals surface area contributed by atoms with Crippen molar-refractivity contribution < 1.29 is 17.9 Å². The number of nitrogens with zero attached hydrogens (tertiary/aromatic N) is 3. The zero-order valence-corrected chi connectivity index (χ0v) is 18.5. The molecule has 1 aliphatic heterocycles. The van der Waals surface area contributed by atoms with E-state index in [1.165, 1.54) is 10.6 Å². The largest absolute Gasteiger partial charge is 0.438 e. The van der Waals surface area contributed by atoms with Gasteiger partial charge in [-0.2, -0.15) is 10.2 Å². The van der Waals surface area contributed by atoms with Crippen LogP contribution in [0, 0.1) is 18.3 Å². The van der Waals surface area contributed by atoms with Gasteiger partial charge in [0.1, 0.15) is 28.6 Å². The lowest BCUT2D eigenvalue weighted by molar-refractivity contribution is -0.117. The van der Waals surface area contributed by atoms with Crippen LogP contribution in [0.15, 0.2) is 59.0 Å². The number of nitrogens with one attached hydrogen (secondary N) is 1. The molecule has 1 amide bonds. The minimum Gasteiger partial charge on any atom is -0.438 e. The fourth-order valence-corrected chi connectivity index (χ4v) is 5.21. The topological polar surface area (TPSA) is 131 Å². The second-order valence-corrected chi connectivity index (χ2v) is 9.96. The van der Waals surface area contributed by atoms with Crippen molar-refractivity contribution in [3.63, 3.8) is 0 Å². The standard InChI is InChI=1S/C23H20N4O5S/c1-15-5-4-6-18(11-15)32-22-19(23(29)27-9-3-2-7-20(27)26-22)12-16(13-24)21(28)25-17-8-10-33(30,31)14-17/h2-7,9,11-12,17H,8,10,14H2,1H3,(H,25,28)/b16-12+/t17-/m1/s1. The maximum atomic E-state index is 13.2. The third-order valence-corrected chi connectivity index (χ3v) is 6.93. The Morgan fingerprint density at radius 1 is 1.30 bits per heavy atom. The summed E-state index contributed by atoms with van der Waals surface area (Å²) >= 11 is 0. The van der Waals surface area contributed by atoms with Crippen molar-refractivity contribution in [2.24, 2.45) is 0 Å². The number of ether oxygens (including phenoxy) is 1. The summed E-state index contributed by atoms with van der Waals surface area (Å²) in [6.45, 7) is 1.89. The summed E-state index contributed by atoms with van der Waals surface area (Å²) < 4.78 is 30.5. The molecule has 33 heavy (non-hydrogen) atoms. The lowest BCUT2D eigenvalue weighted by atomic mass is 10.1. The number of amides is 1. The van der Waals surface area contributed by atoms with Crippen LogP contribution in [0.25, 0.3) is 11.7 Å². The van der Waals surface area contributed by atoms with E-state index in [0.717, 1.165) is 11.6 Å². The van der Waals surface area contributed by atoms with Gasteiger partial charge in [-0.05, 0) is 49.2 Å². The van der Waals surface area contributed by atoms with E-state index in [1.807, 2.05) is 13.0 Å². The van der Waals surface area contributed by atoms with Crippen molar-refractivity contribution in [2.45, 2.75) is 19.4 Å². The van der Waals surface area contributed by atoms with Crippen molar-refractivity contribution >= 4 is 27.5 Å². The van der Waals surface area contributed by atoms with Crippen LogP contribution in [0.4, 0.5) is 0 Å². The maximum absolute atomic E-state index is 13.2. The van der Waals surface area contributed by atoms with Crippen molar-refractivity contribution in [3.05, 3.63) is 75.7 Å². The van der Waals surface area contributed by atoms with E-state index in [0.29, 0.717) is 11.4 Å². The summed E-state index contributed by atoms with van der Waals surface area (Å²) in [7, 11) is -3.21. The van der Waals surface area contributed by atoms with Gasteiger partial charge in [0.25, 0.3) is 11.5 Å². The normalized spacial score (nSPS) is 17.5. The molecule has 0 radical (unpaired) electrons. The molecule has 3 heterocycles. The highest BCUT2D eigenvalue weighted by Crippen LogP contribution is 2.25. The van der Waals surface area contributed by atoms with Crippen LogP contribution in [0.5, 0.6) is 11.6 Å². The summed E-state index contributed by atoms with van der Waals surface area (Å²) in [5.41, 5.74) is 0.313. The van der Waals surface area contributed by atoms with Gasteiger partial charge >= 0.3 is 0 Å². The molecule has 0 bridgehead atoms. The Hall–Kier alpha value is -3.97. The van der Waals surface area contributed by atoms with Gasteiger partial charge in [-0.25, -0.2) is 8.42 Å². The number of carbonyl (C=O) groups is 1. The average molecular weight is 465 g/mol. The molecule has 168 valence electrons. The number of carbonyl (C=O) groups excluding carboxylic acids is 1. The summed E-state index contributed by atoms with van der Waals surface area (Å²) in [6.07, 6.45) is 2.92. The predicted molar refractivity (Wildman–Crippen MR) is 122 cm³/mol. The number of nitriles is 1. The van der Waals surface area contributed by atoms with Crippen LogP contribution in [-0.2, 0) is 14.6 Å². The Morgan fingerprint density at radius 3 is 2.82 bits per heavy atom. The van der Waals surface area contributed by atoms with Gasteiger partial charge in [-0.15, -0.1) is 0 Å². The fraction of sp³-hybridized carbons (Fsp3) is 0.217. The first-order valence-corrected chi connectivity index (χ1v) is 12.0.